The van der Waals surface area contributed by atoms with Crippen molar-refractivity contribution in [1.82, 2.24) is 14.8 Å². The van der Waals surface area contributed by atoms with E-state index in [1.54, 1.807) is 0 Å². The molecule has 0 aliphatic heterocycles. The number of hydrogen-bond acceptors (Lipinski definition) is 3. The minimum absolute atomic E-state index is 0.0585. The summed E-state index contributed by atoms with van der Waals surface area (Å²) in [4.78, 5) is 0. The van der Waals surface area contributed by atoms with Gasteiger partial charge in [-0.1, -0.05) is 20.8 Å². The van der Waals surface area contributed by atoms with E-state index in [2.05, 4.69) is 35.5 Å². The fraction of sp³-hybridized carbons (Fsp3) is 0.800. The van der Waals surface area contributed by atoms with E-state index < -0.39 is 0 Å². The maximum atomic E-state index is 5.65. The Kier molecular flexibility index (Phi) is 2.10. The van der Waals surface area contributed by atoms with E-state index in [4.69, 9.17) is 5.73 Å². The molecule has 14 heavy (non-hydrogen) atoms. The molecule has 0 bridgehead atoms. The smallest absolute Gasteiger partial charge is 0.147 e. The van der Waals surface area contributed by atoms with Crippen LogP contribution in [0.2, 0.25) is 0 Å². The standard InChI is InChI=1S/C10H18N4/c1-10(2,3)9-13-12-8(6-11)14(9)7-4-5-7/h7H,4-6,11H2,1-3H3. The van der Waals surface area contributed by atoms with Gasteiger partial charge in [0.25, 0.3) is 0 Å². The molecule has 0 radical (unpaired) electrons. The zero-order chi connectivity index (χ0) is 10.3. The van der Waals surface area contributed by atoms with E-state index in [0.29, 0.717) is 12.6 Å². The molecule has 0 saturated heterocycles. The number of nitrogens with zero attached hydrogens (tertiary/aromatic N) is 3. The van der Waals surface area contributed by atoms with Gasteiger partial charge in [-0.15, -0.1) is 10.2 Å². The Balaban J connectivity index is 2.44. The van der Waals surface area contributed by atoms with Crippen molar-refractivity contribution in [2.45, 2.75) is 51.6 Å². The summed E-state index contributed by atoms with van der Waals surface area (Å²) in [7, 11) is 0. The minimum Gasteiger partial charge on any atom is -0.324 e. The second-order valence-electron chi connectivity index (χ2n) is 5.00. The largest absolute Gasteiger partial charge is 0.324 e. The third kappa shape index (κ3) is 1.54. The summed E-state index contributed by atoms with van der Waals surface area (Å²) in [5.74, 6) is 2.00. The summed E-state index contributed by atoms with van der Waals surface area (Å²) >= 11 is 0. The molecule has 4 heteroatoms. The highest BCUT2D eigenvalue weighted by atomic mass is 15.3. The van der Waals surface area contributed by atoms with E-state index >= 15 is 0 Å². The van der Waals surface area contributed by atoms with E-state index in [9.17, 15) is 0 Å². The van der Waals surface area contributed by atoms with Crippen LogP contribution in [-0.2, 0) is 12.0 Å². The van der Waals surface area contributed by atoms with Gasteiger partial charge >= 0.3 is 0 Å². The average molecular weight is 194 g/mol. The van der Waals surface area contributed by atoms with Crippen LogP contribution >= 0.6 is 0 Å². The predicted octanol–water partition coefficient (Wildman–Crippen LogP) is 1.37. The Bertz CT molecular complexity index is 330. The molecule has 1 aliphatic rings. The van der Waals surface area contributed by atoms with Gasteiger partial charge in [-0.3, -0.25) is 0 Å². The van der Waals surface area contributed by atoms with Crippen LogP contribution in [0.5, 0.6) is 0 Å². The van der Waals surface area contributed by atoms with Crippen LogP contribution in [0.25, 0.3) is 0 Å². The molecular weight excluding hydrogens is 176 g/mol. The van der Waals surface area contributed by atoms with Gasteiger partial charge in [-0.25, -0.2) is 0 Å². The second kappa shape index (κ2) is 3.05. The molecule has 1 heterocycles. The summed E-state index contributed by atoms with van der Waals surface area (Å²) in [6, 6.07) is 0.609. The molecule has 0 unspecified atom stereocenters. The predicted molar refractivity (Wildman–Crippen MR) is 54.9 cm³/mol. The molecule has 2 N–H and O–H groups in total. The highest BCUT2D eigenvalue weighted by molar-refractivity contribution is 5.10. The summed E-state index contributed by atoms with van der Waals surface area (Å²) in [5, 5.41) is 8.40. The molecule has 0 amide bonds. The first kappa shape index (κ1) is 9.65. The molecule has 2 rings (SSSR count). The molecule has 1 aromatic rings. The van der Waals surface area contributed by atoms with Crippen LogP contribution in [0.3, 0.4) is 0 Å². The van der Waals surface area contributed by atoms with E-state index in [0.717, 1.165) is 11.6 Å². The van der Waals surface area contributed by atoms with Gasteiger partial charge < -0.3 is 10.3 Å². The van der Waals surface area contributed by atoms with Crippen molar-refractivity contribution < 1.29 is 0 Å². The van der Waals surface area contributed by atoms with Gasteiger partial charge in [-0.2, -0.15) is 0 Å². The van der Waals surface area contributed by atoms with Crippen LogP contribution in [0, 0.1) is 0 Å². The van der Waals surface area contributed by atoms with Gasteiger partial charge in [0.1, 0.15) is 11.6 Å². The number of rotatable bonds is 2. The van der Waals surface area contributed by atoms with Crippen LogP contribution in [0.4, 0.5) is 0 Å². The second-order valence-corrected chi connectivity index (χ2v) is 5.00. The molecule has 1 aromatic heterocycles. The summed E-state index contributed by atoms with van der Waals surface area (Å²) in [5.41, 5.74) is 5.71. The van der Waals surface area contributed by atoms with Gasteiger partial charge in [0.05, 0.1) is 6.54 Å². The fourth-order valence-electron chi connectivity index (χ4n) is 1.69. The van der Waals surface area contributed by atoms with Crippen LogP contribution in [0.1, 0.15) is 51.3 Å². The lowest BCUT2D eigenvalue weighted by Gasteiger charge is -2.19. The molecule has 1 aliphatic carbocycles. The zero-order valence-electron chi connectivity index (χ0n) is 9.12. The van der Waals surface area contributed by atoms with Crippen molar-refractivity contribution in [2.75, 3.05) is 0 Å². The molecular formula is C10H18N4. The Morgan fingerprint density at radius 2 is 2.00 bits per heavy atom. The normalized spacial score (nSPS) is 17.4. The summed E-state index contributed by atoms with van der Waals surface area (Å²) in [6.45, 7) is 6.97. The molecule has 1 fully saturated rings. The highest BCUT2D eigenvalue weighted by Crippen LogP contribution is 2.38. The van der Waals surface area contributed by atoms with Crippen LogP contribution in [0.15, 0.2) is 0 Å². The lowest BCUT2D eigenvalue weighted by atomic mass is 9.95. The number of aromatic nitrogens is 3. The Labute approximate surface area is 84.5 Å². The van der Waals surface area contributed by atoms with Crippen LogP contribution in [-0.4, -0.2) is 14.8 Å². The molecule has 78 valence electrons. The van der Waals surface area contributed by atoms with E-state index in [1.807, 2.05) is 0 Å². The maximum Gasteiger partial charge on any atom is 0.147 e. The quantitative estimate of drug-likeness (QED) is 0.773. The first-order valence-corrected chi connectivity index (χ1v) is 5.18. The number of nitrogens with two attached hydrogens (primary N) is 1. The third-order valence-electron chi connectivity index (χ3n) is 2.53. The molecule has 0 atom stereocenters. The lowest BCUT2D eigenvalue weighted by Crippen LogP contribution is -2.20. The minimum atomic E-state index is 0.0585. The van der Waals surface area contributed by atoms with Crippen LogP contribution < -0.4 is 5.73 Å². The molecule has 0 aromatic carbocycles. The fourth-order valence-corrected chi connectivity index (χ4v) is 1.69. The number of hydrogen-bond donors (Lipinski definition) is 1. The van der Waals surface area contributed by atoms with Crippen molar-refractivity contribution in [1.29, 1.82) is 0 Å². The van der Waals surface area contributed by atoms with E-state index in [1.165, 1.54) is 12.8 Å². The van der Waals surface area contributed by atoms with Crippen molar-refractivity contribution >= 4 is 0 Å². The van der Waals surface area contributed by atoms with Gasteiger partial charge in [0.2, 0.25) is 0 Å². The summed E-state index contributed by atoms with van der Waals surface area (Å²) in [6.07, 6.45) is 2.49. The Morgan fingerprint density at radius 1 is 1.36 bits per heavy atom. The first-order chi connectivity index (χ1) is 6.54. The SMILES string of the molecule is CC(C)(C)c1nnc(CN)n1C1CC1. The molecule has 0 spiro atoms. The molecule has 1 saturated carbocycles. The average Bonchev–Trinajstić information content (AvgIpc) is 2.82. The van der Waals surface area contributed by atoms with Gasteiger partial charge in [0.15, 0.2) is 0 Å². The van der Waals surface area contributed by atoms with E-state index in [-0.39, 0.29) is 5.41 Å². The van der Waals surface area contributed by atoms with Crippen molar-refractivity contribution in [3.63, 3.8) is 0 Å². The molecule has 4 nitrogen and oxygen atoms in total. The van der Waals surface area contributed by atoms with Crippen molar-refractivity contribution in [3.8, 4) is 0 Å². The third-order valence-corrected chi connectivity index (χ3v) is 2.53. The highest BCUT2D eigenvalue weighted by Gasteiger charge is 2.32. The van der Waals surface area contributed by atoms with Crippen molar-refractivity contribution in [2.24, 2.45) is 5.73 Å². The maximum absolute atomic E-state index is 5.65. The lowest BCUT2D eigenvalue weighted by molar-refractivity contribution is 0.494. The monoisotopic (exact) mass is 194 g/mol. The zero-order valence-corrected chi connectivity index (χ0v) is 9.12. The Hall–Kier alpha value is -0.900. The van der Waals surface area contributed by atoms with Crippen molar-refractivity contribution in [3.05, 3.63) is 11.6 Å². The summed E-state index contributed by atoms with van der Waals surface area (Å²) < 4.78 is 2.24. The Morgan fingerprint density at radius 3 is 2.43 bits per heavy atom. The van der Waals surface area contributed by atoms with Gasteiger partial charge in [0, 0.05) is 11.5 Å². The van der Waals surface area contributed by atoms with Gasteiger partial charge in [-0.05, 0) is 12.8 Å². The first-order valence-electron chi connectivity index (χ1n) is 5.18. The topological polar surface area (TPSA) is 56.7 Å².